The quantitative estimate of drug-likeness (QED) is 0.363. The average molecular weight is 454 g/mol. The van der Waals surface area contributed by atoms with Crippen LogP contribution in [0.4, 0.5) is 5.69 Å². The first-order valence-corrected chi connectivity index (χ1v) is 10.2. The van der Waals surface area contributed by atoms with Gasteiger partial charge in [-0.3, -0.25) is 4.79 Å². The number of hydrogen-bond acceptors (Lipinski definition) is 4. The lowest BCUT2D eigenvalue weighted by Crippen LogP contribution is -2.12. The summed E-state index contributed by atoms with van der Waals surface area (Å²) in [6.07, 6.45) is 0. The van der Waals surface area contributed by atoms with E-state index in [-0.39, 0.29) is 5.91 Å². The van der Waals surface area contributed by atoms with Crippen molar-refractivity contribution in [1.82, 2.24) is 0 Å². The van der Waals surface area contributed by atoms with Crippen molar-refractivity contribution in [2.24, 2.45) is 0 Å². The second-order valence-electron chi connectivity index (χ2n) is 6.97. The van der Waals surface area contributed by atoms with Gasteiger partial charge in [0.15, 0.2) is 0 Å². The fourth-order valence-electron chi connectivity index (χ4n) is 3.10. The van der Waals surface area contributed by atoms with Crippen LogP contribution >= 0.6 is 23.2 Å². The van der Waals surface area contributed by atoms with Gasteiger partial charge in [-0.2, -0.15) is 0 Å². The van der Waals surface area contributed by atoms with Crippen molar-refractivity contribution in [3.63, 3.8) is 0 Å². The standard InChI is InChI=1S/C24H17Cl2NO4/c1-14-10-23(28)31-22-12-18(7-8-19(14)22)30-13-15-2-4-16(5-3-15)24(29)27-21-9-6-17(25)11-20(21)26/h2-12H,13H2,1H3,(H,27,29). The van der Waals surface area contributed by atoms with Crippen molar-refractivity contribution in [1.29, 1.82) is 0 Å². The molecule has 1 heterocycles. The third-order valence-corrected chi connectivity index (χ3v) is 5.27. The molecular weight excluding hydrogens is 437 g/mol. The molecule has 1 amide bonds. The first-order valence-electron chi connectivity index (χ1n) is 9.42. The highest BCUT2D eigenvalue weighted by atomic mass is 35.5. The molecule has 4 rings (SSSR count). The minimum Gasteiger partial charge on any atom is -0.489 e. The number of ether oxygens (including phenoxy) is 1. The maximum Gasteiger partial charge on any atom is 0.336 e. The number of carbonyl (C=O) groups excluding carboxylic acids is 1. The summed E-state index contributed by atoms with van der Waals surface area (Å²) in [5, 5.41) is 4.49. The van der Waals surface area contributed by atoms with E-state index in [1.54, 1.807) is 36.4 Å². The Bertz CT molecular complexity index is 1330. The van der Waals surface area contributed by atoms with Crippen LogP contribution in [0.2, 0.25) is 10.0 Å². The summed E-state index contributed by atoms with van der Waals surface area (Å²) < 4.78 is 11.1. The summed E-state index contributed by atoms with van der Waals surface area (Å²) >= 11 is 12.0. The molecule has 0 radical (unpaired) electrons. The van der Waals surface area contributed by atoms with Crippen LogP contribution in [0.1, 0.15) is 21.5 Å². The highest BCUT2D eigenvalue weighted by Crippen LogP contribution is 2.26. The van der Waals surface area contributed by atoms with E-state index in [4.69, 9.17) is 32.4 Å². The Morgan fingerprint density at radius 1 is 1.00 bits per heavy atom. The van der Waals surface area contributed by atoms with Crippen LogP contribution in [-0.4, -0.2) is 5.91 Å². The topological polar surface area (TPSA) is 68.5 Å². The Morgan fingerprint density at radius 3 is 2.52 bits per heavy atom. The van der Waals surface area contributed by atoms with Gasteiger partial charge in [-0.05, 0) is 60.5 Å². The summed E-state index contributed by atoms with van der Waals surface area (Å²) in [6, 6.07) is 18.8. The molecule has 3 aromatic carbocycles. The number of hydrogen-bond donors (Lipinski definition) is 1. The van der Waals surface area contributed by atoms with E-state index < -0.39 is 5.63 Å². The minimum atomic E-state index is -0.393. The molecule has 1 aromatic heterocycles. The zero-order valence-corrected chi connectivity index (χ0v) is 18.0. The first-order chi connectivity index (χ1) is 14.9. The van der Waals surface area contributed by atoms with Crippen molar-refractivity contribution in [3.05, 3.63) is 104 Å². The molecule has 0 aliphatic rings. The van der Waals surface area contributed by atoms with Gasteiger partial charge in [-0.1, -0.05) is 35.3 Å². The van der Waals surface area contributed by atoms with Crippen molar-refractivity contribution < 1.29 is 13.9 Å². The van der Waals surface area contributed by atoms with E-state index in [1.165, 1.54) is 6.07 Å². The smallest absolute Gasteiger partial charge is 0.336 e. The van der Waals surface area contributed by atoms with Gasteiger partial charge in [0.2, 0.25) is 0 Å². The van der Waals surface area contributed by atoms with Crippen LogP contribution in [0, 0.1) is 6.92 Å². The minimum absolute atomic E-state index is 0.281. The molecule has 0 fully saturated rings. The third-order valence-electron chi connectivity index (χ3n) is 4.72. The van der Waals surface area contributed by atoms with Crippen LogP contribution in [0.5, 0.6) is 5.75 Å². The molecule has 0 bridgehead atoms. The summed E-state index contributed by atoms with van der Waals surface area (Å²) in [4.78, 5) is 24.0. The van der Waals surface area contributed by atoms with Crippen LogP contribution in [0.25, 0.3) is 11.0 Å². The number of halogens is 2. The molecule has 4 aromatic rings. The van der Waals surface area contributed by atoms with Crippen molar-refractivity contribution >= 4 is 45.8 Å². The normalized spacial score (nSPS) is 10.8. The number of benzene rings is 3. The van der Waals surface area contributed by atoms with Gasteiger partial charge >= 0.3 is 5.63 Å². The molecule has 0 aliphatic heterocycles. The summed E-state index contributed by atoms with van der Waals surface area (Å²) in [6.45, 7) is 2.16. The average Bonchev–Trinajstić information content (AvgIpc) is 2.74. The fourth-order valence-corrected chi connectivity index (χ4v) is 3.56. The second kappa shape index (κ2) is 8.84. The Labute approximate surface area is 188 Å². The van der Waals surface area contributed by atoms with Crippen LogP contribution in [-0.2, 0) is 6.61 Å². The molecule has 156 valence electrons. The lowest BCUT2D eigenvalue weighted by Gasteiger charge is -2.10. The van der Waals surface area contributed by atoms with E-state index in [0.717, 1.165) is 16.5 Å². The largest absolute Gasteiger partial charge is 0.489 e. The molecule has 0 aliphatic carbocycles. The molecule has 0 atom stereocenters. The first kappa shape index (κ1) is 21.0. The predicted molar refractivity (Wildman–Crippen MR) is 122 cm³/mol. The number of fused-ring (bicyclic) bond motifs is 1. The molecule has 31 heavy (non-hydrogen) atoms. The number of rotatable bonds is 5. The maximum atomic E-state index is 12.5. The molecule has 5 nitrogen and oxygen atoms in total. The molecule has 7 heteroatoms. The number of carbonyl (C=O) groups is 1. The molecule has 1 N–H and O–H groups in total. The van der Waals surface area contributed by atoms with Crippen molar-refractivity contribution in [2.75, 3.05) is 5.32 Å². The monoisotopic (exact) mass is 453 g/mol. The van der Waals surface area contributed by atoms with E-state index >= 15 is 0 Å². The van der Waals surface area contributed by atoms with Gasteiger partial charge in [-0.25, -0.2) is 4.79 Å². The highest BCUT2D eigenvalue weighted by molar-refractivity contribution is 6.36. The summed E-state index contributed by atoms with van der Waals surface area (Å²) in [7, 11) is 0. The fraction of sp³-hybridized carbons (Fsp3) is 0.0833. The zero-order chi connectivity index (χ0) is 22.0. The Kier molecular flexibility index (Phi) is 5.98. The number of anilines is 1. The summed E-state index contributed by atoms with van der Waals surface area (Å²) in [5.74, 6) is 0.303. The maximum absolute atomic E-state index is 12.5. The predicted octanol–water partition coefficient (Wildman–Crippen LogP) is 6.24. The Hall–Kier alpha value is -3.28. The Balaban J connectivity index is 1.42. The lowest BCUT2D eigenvalue weighted by molar-refractivity contribution is 0.102. The van der Waals surface area contributed by atoms with Crippen LogP contribution in [0.15, 0.2) is 75.9 Å². The molecule has 0 spiro atoms. The Morgan fingerprint density at radius 2 is 1.77 bits per heavy atom. The number of nitrogens with one attached hydrogen (secondary N) is 1. The third kappa shape index (κ3) is 4.90. The number of amides is 1. The van der Waals surface area contributed by atoms with E-state index in [1.807, 2.05) is 31.2 Å². The van der Waals surface area contributed by atoms with Gasteiger partial charge in [0.05, 0.1) is 10.7 Å². The molecular formula is C24H17Cl2NO4. The van der Waals surface area contributed by atoms with Gasteiger partial charge in [0.25, 0.3) is 5.91 Å². The van der Waals surface area contributed by atoms with Gasteiger partial charge in [0, 0.05) is 28.1 Å². The SMILES string of the molecule is Cc1cc(=O)oc2cc(OCc3ccc(C(=O)Nc4ccc(Cl)cc4Cl)cc3)ccc12. The van der Waals surface area contributed by atoms with E-state index in [0.29, 0.717) is 39.2 Å². The molecule has 0 saturated carbocycles. The van der Waals surface area contributed by atoms with Crippen LogP contribution < -0.4 is 15.7 Å². The lowest BCUT2D eigenvalue weighted by atomic mass is 10.1. The van der Waals surface area contributed by atoms with Gasteiger partial charge in [-0.15, -0.1) is 0 Å². The number of aryl methyl sites for hydroxylation is 1. The highest BCUT2D eigenvalue weighted by Gasteiger charge is 2.10. The van der Waals surface area contributed by atoms with Crippen molar-refractivity contribution in [3.8, 4) is 5.75 Å². The molecule has 0 saturated heterocycles. The van der Waals surface area contributed by atoms with Crippen LogP contribution in [0.3, 0.4) is 0 Å². The van der Waals surface area contributed by atoms with E-state index in [9.17, 15) is 9.59 Å². The van der Waals surface area contributed by atoms with Crippen molar-refractivity contribution in [2.45, 2.75) is 13.5 Å². The van der Waals surface area contributed by atoms with E-state index in [2.05, 4.69) is 5.32 Å². The van der Waals surface area contributed by atoms with Gasteiger partial charge < -0.3 is 14.5 Å². The van der Waals surface area contributed by atoms with Gasteiger partial charge in [0.1, 0.15) is 17.9 Å². The molecule has 0 unspecified atom stereocenters. The second-order valence-corrected chi connectivity index (χ2v) is 7.81. The zero-order valence-electron chi connectivity index (χ0n) is 16.4. The summed E-state index contributed by atoms with van der Waals surface area (Å²) in [5.41, 5.74) is 2.80.